The molecule has 0 aromatic carbocycles. The van der Waals surface area contributed by atoms with Crippen molar-refractivity contribution >= 4 is 5.97 Å². The molecule has 0 spiro atoms. The van der Waals surface area contributed by atoms with Crippen molar-refractivity contribution in [1.29, 1.82) is 0 Å². The topological polar surface area (TPSA) is 43.8 Å². The van der Waals surface area contributed by atoms with Gasteiger partial charge in [0.05, 0.1) is 6.67 Å². The molecular weight excluding hydrogens is 168 g/mol. The highest BCUT2D eigenvalue weighted by Crippen LogP contribution is 2.13. The Morgan fingerprint density at radius 3 is 2.69 bits per heavy atom. The molecule has 4 heteroatoms. The summed E-state index contributed by atoms with van der Waals surface area (Å²) in [5.74, 6) is -0.734. The summed E-state index contributed by atoms with van der Waals surface area (Å²) in [6.07, 6.45) is 5.33. The second-order valence-electron chi connectivity index (χ2n) is 3.35. The first-order valence-electron chi connectivity index (χ1n) is 4.52. The van der Waals surface area contributed by atoms with Gasteiger partial charge in [-0.2, -0.15) is 0 Å². The minimum Gasteiger partial charge on any atom is -0.480 e. The number of hydrogen-bond donors (Lipinski definition) is 1. The third-order valence-corrected chi connectivity index (χ3v) is 2.15. The average molecular weight is 184 g/mol. The van der Waals surface area contributed by atoms with Crippen LogP contribution in [0.3, 0.4) is 0 Å². The van der Waals surface area contributed by atoms with E-state index in [-0.39, 0.29) is 6.04 Å². The van der Waals surface area contributed by atoms with Crippen LogP contribution < -0.4 is 0 Å². The van der Waals surface area contributed by atoms with Crippen LogP contribution >= 0.6 is 0 Å². The van der Waals surface area contributed by atoms with Crippen molar-refractivity contribution in [2.24, 2.45) is 0 Å². The fourth-order valence-corrected chi connectivity index (χ4v) is 1.46. The van der Waals surface area contributed by atoms with Crippen molar-refractivity contribution in [3.05, 3.63) is 12.4 Å². The summed E-state index contributed by atoms with van der Waals surface area (Å²) < 4.78 is 0. The van der Waals surface area contributed by atoms with Gasteiger partial charge in [0.2, 0.25) is 0 Å². The molecule has 1 N–H and O–H groups in total. The average Bonchev–Trinajstić information content (AvgIpc) is 2.46. The van der Waals surface area contributed by atoms with Crippen LogP contribution in [0, 0.1) is 0 Å². The van der Waals surface area contributed by atoms with Crippen molar-refractivity contribution in [2.75, 3.05) is 13.7 Å². The van der Waals surface area contributed by atoms with Gasteiger partial charge in [0.1, 0.15) is 6.04 Å². The van der Waals surface area contributed by atoms with Gasteiger partial charge in [-0.15, -0.1) is 0 Å². The summed E-state index contributed by atoms with van der Waals surface area (Å²) in [5, 5.41) is 8.96. The molecule has 1 unspecified atom stereocenters. The van der Waals surface area contributed by atoms with Gasteiger partial charge in [-0.05, 0) is 6.42 Å². The first-order valence-corrected chi connectivity index (χ1v) is 4.52. The highest BCUT2D eigenvalue weighted by molar-refractivity contribution is 5.73. The van der Waals surface area contributed by atoms with E-state index in [1.807, 2.05) is 36.2 Å². The second-order valence-corrected chi connectivity index (χ2v) is 3.35. The van der Waals surface area contributed by atoms with E-state index in [1.54, 1.807) is 0 Å². The van der Waals surface area contributed by atoms with Gasteiger partial charge < -0.3 is 14.9 Å². The number of nitrogens with zero attached hydrogens (tertiary/aromatic N) is 2. The summed E-state index contributed by atoms with van der Waals surface area (Å²) in [4.78, 5) is 14.7. The highest BCUT2D eigenvalue weighted by atomic mass is 16.4. The molecule has 0 fully saturated rings. The Kier molecular flexibility index (Phi) is 3.17. The molecule has 0 saturated heterocycles. The minimum absolute atomic E-state index is 0.369. The van der Waals surface area contributed by atoms with Gasteiger partial charge in [-0.1, -0.05) is 13.3 Å². The summed E-state index contributed by atoms with van der Waals surface area (Å²) in [5.41, 5.74) is 0. The molecule has 0 aliphatic carbocycles. The molecule has 0 aromatic rings. The standard InChI is InChI=1S/C9H16N2O2/c1-3-4-8(9(12)13)11-6-5-10(2)7-11/h5-6,8H,3-4,7H2,1-2H3,(H,12,13). The van der Waals surface area contributed by atoms with Gasteiger partial charge in [-0.3, -0.25) is 0 Å². The first kappa shape index (κ1) is 9.89. The van der Waals surface area contributed by atoms with E-state index in [0.717, 1.165) is 6.42 Å². The smallest absolute Gasteiger partial charge is 0.326 e. The lowest BCUT2D eigenvalue weighted by Crippen LogP contribution is -2.38. The lowest BCUT2D eigenvalue weighted by Gasteiger charge is -2.24. The first-order chi connectivity index (χ1) is 6.15. The predicted molar refractivity (Wildman–Crippen MR) is 49.9 cm³/mol. The van der Waals surface area contributed by atoms with Crippen molar-refractivity contribution < 1.29 is 9.90 Å². The van der Waals surface area contributed by atoms with Crippen LogP contribution in [0.25, 0.3) is 0 Å². The molecule has 1 aliphatic rings. The molecule has 1 aliphatic heterocycles. The van der Waals surface area contributed by atoms with E-state index in [2.05, 4.69) is 0 Å². The number of carboxylic acid groups (broad SMARTS) is 1. The SMILES string of the molecule is CCCC(C(=O)O)N1C=CN(C)C1. The Balaban J connectivity index is 2.55. The van der Waals surface area contributed by atoms with Crippen LogP contribution in [-0.2, 0) is 4.79 Å². The maximum Gasteiger partial charge on any atom is 0.326 e. The van der Waals surface area contributed by atoms with Gasteiger partial charge in [0.15, 0.2) is 0 Å². The third kappa shape index (κ3) is 2.37. The van der Waals surface area contributed by atoms with E-state index in [4.69, 9.17) is 5.11 Å². The lowest BCUT2D eigenvalue weighted by atomic mass is 10.1. The fourth-order valence-electron chi connectivity index (χ4n) is 1.46. The zero-order valence-corrected chi connectivity index (χ0v) is 8.10. The monoisotopic (exact) mass is 184 g/mol. The van der Waals surface area contributed by atoms with Crippen LogP contribution in [-0.4, -0.2) is 40.6 Å². The Morgan fingerprint density at radius 1 is 1.62 bits per heavy atom. The van der Waals surface area contributed by atoms with E-state index in [9.17, 15) is 4.79 Å². The van der Waals surface area contributed by atoms with Crippen molar-refractivity contribution in [3.8, 4) is 0 Å². The largest absolute Gasteiger partial charge is 0.480 e. The third-order valence-electron chi connectivity index (χ3n) is 2.15. The van der Waals surface area contributed by atoms with Crippen LogP contribution in [0.2, 0.25) is 0 Å². The molecule has 4 nitrogen and oxygen atoms in total. The van der Waals surface area contributed by atoms with E-state index in [1.165, 1.54) is 0 Å². The van der Waals surface area contributed by atoms with Crippen molar-refractivity contribution in [1.82, 2.24) is 9.80 Å². The molecule has 1 heterocycles. The van der Waals surface area contributed by atoms with Gasteiger partial charge in [-0.25, -0.2) is 4.79 Å². The Hall–Kier alpha value is -1.19. The number of carboxylic acids is 1. The number of carbonyl (C=O) groups is 1. The molecule has 0 radical (unpaired) electrons. The summed E-state index contributed by atoms with van der Waals surface area (Å²) >= 11 is 0. The molecular formula is C9H16N2O2. The zero-order valence-electron chi connectivity index (χ0n) is 8.10. The van der Waals surface area contributed by atoms with Gasteiger partial charge >= 0.3 is 5.97 Å². The van der Waals surface area contributed by atoms with E-state index < -0.39 is 5.97 Å². The molecule has 74 valence electrons. The Labute approximate surface area is 78.4 Å². The number of hydrogen-bond acceptors (Lipinski definition) is 3. The normalized spacial score (nSPS) is 18.0. The maximum absolute atomic E-state index is 10.9. The Bertz CT molecular complexity index is 216. The van der Waals surface area contributed by atoms with Crippen molar-refractivity contribution in [2.45, 2.75) is 25.8 Å². The molecule has 1 rings (SSSR count). The molecule has 1 atom stereocenters. The summed E-state index contributed by atoms with van der Waals surface area (Å²) in [6, 6.07) is -0.369. The van der Waals surface area contributed by atoms with Crippen LogP contribution in [0.4, 0.5) is 0 Å². The van der Waals surface area contributed by atoms with Crippen LogP contribution in [0.15, 0.2) is 12.4 Å². The quantitative estimate of drug-likeness (QED) is 0.705. The van der Waals surface area contributed by atoms with Gasteiger partial charge in [0.25, 0.3) is 0 Å². The summed E-state index contributed by atoms with van der Waals surface area (Å²) in [7, 11) is 1.93. The lowest BCUT2D eigenvalue weighted by molar-refractivity contribution is -0.142. The van der Waals surface area contributed by atoms with E-state index in [0.29, 0.717) is 13.1 Å². The number of aliphatic carboxylic acids is 1. The molecule has 0 aromatic heterocycles. The molecule has 0 amide bonds. The molecule has 13 heavy (non-hydrogen) atoms. The van der Waals surface area contributed by atoms with Gasteiger partial charge in [0, 0.05) is 19.4 Å². The highest BCUT2D eigenvalue weighted by Gasteiger charge is 2.24. The zero-order chi connectivity index (χ0) is 9.84. The molecule has 0 bridgehead atoms. The molecule has 0 saturated carbocycles. The maximum atomic E-state index is 10.9. The fraction of sp³-hybridized carbons (Fsp3) is 0.667. The number of rotatable bonds is 4. The summed E-state index contributed by atoms with van der Waals surface area (Å²) in [6.45, 7) is 2.68. The van der Waals surface area contributed by atoms with Crippen LogP contribution in [0.1, 0.15) is 19.8 Å². The minimum atomic E-state index is -0.734. The van der Waals surface area contributed by atoms with E-state index >= 15 is 0 Å². The predicted octanol–water partition coefficient (Wildman–Crippen LogP) is 0.916. The van der Waals surface area contributed by atoms with Crippen LogP contribution in [0.5, 0.6) is 0 Å². The second kappa shape index (κ2) is 4.16. The van der Waals surface area contributed by atoms with Crippen molar-refractivity contribution in [3.63, 3.8) is 0 Å². The Morgan fingerprint density at radius 2 is 2.31 bits per heavy atom.